The molecule has 1 unspecified atom stereocenters. The van der Waals surface area contributed by atoms with Crippen LogP contribution in [-0.2, 0) is 4.79 Å². The Kier molecular flexibility index (Phi) is 6.57. The molecule has 0 saturated heterocycles. The highest BCUT2D eigenvalue weighted by Gasteiger charge is 2.05. The summed E-state index contributed by atoms with van der Waals surface area (Å²) < 4.78 is 5.49. The molecule has 5 nitrogen and oxygen atoms in total. The van der Waals surface area contributed by atoms with Crippen molar-refractivity contribution in [2.75, 3.05) is 12.3 Å². The molecule has 5 heteroatoms. The topological polar surface area (TPSA) is 76.7 Å². The average molecular weight is 339 g/mol. The Morgan fingerprint density at radius 3 is 2.40 bits per heavy atom. The second-order valence-electron chi connectivity index (χ2n) is 6.02. The lowest BCUT2D eigenvalue weighted by molar-refractivity contribution is -0.123. The Morgan fingerprint density at radius 2 is 1.80 bits per heavy atom. The number of ether oxygens (including phenoxy) is 1. The lowest BCUT2D eigenvalue weighted by Crippen LogP contribution is -2.25. The summed E-state index contributed by atoms with van der Waals surface area (Å²) in [6.45, 7) is 6.08. The molecule has 2 aromatic carbocycles. The fraction of sp³-hybridized carbons (Fsp3) is 0.300. The normalized spacial score (nSPS) is 12.5. The Bertz CT molecular complexity index is 722. The van der Waals surface area contributed by atoms with Crippen LogP contribution in [0.4, 0.5) is 5.69 Å². The van der Waals surface area contributed by atoms with Crippen molar-refractivity contribution < 1.29 is 9.53 Å². The number of carbonyl (C=O) groups is 1. The number of hydrogen-bond acceptors (Lipinski definition) is 4. The monoisotopic (exact) mass is 339 g/mol. The van der Waals surface area contributed by atoms with Crippen LogP contribution in [0.25, 0.3) is 0 Å². The van der Waals surface area contributed by atoms with Crippen LogP contribution in [0.15, 0.2) is 53.6 Å². The number of hydrazone groups is 1. The van der Waals surface area contributed by atoms with Crippen molar-refractivity contribution in [1.82, 2.24) is 5.43 Å². The molecule has 1 atom stereocenters. The van der Waals surface area contributed by atoms with Gasteiger partial charge in [-0.1, -0.05) is 38.1 Å². The molecule has 2 aromatic rings. The zero-order chi connectivity index (χ0) is 18.2. The van der Waals surface area contributed by atoms with Crippen molar-refractivity contribution in [2.45, 2.75) is 33.1 Å². The van der Waals surface area contributed by atoms with Crippen LogP contribution < -0.4 is 15.9 Å². The number of benzene rings is 2. The third kappa shape index (κ3) is 5.64. The standard InChI is InChI=1S/C20H25N3O2/c1-4-14(2)16-7-11-19(12-8-16)25-13-20(24)23-22-15(3)17-5-9-18(21)10-6-17/h5-12,14H,4,13,21H2,1-3H3,(H,23,24)/b22-15+. The zero-order valence-corrected chi connectivity index (χ0v) is 15.0. The molecule has 25 heavy (non-hydrogen) atoms. The fourth-order valence-electron chi connectivity index (χ4n) is 2.24. The molecular weight excluding hydrogens is 314 g/mol. The first-order valence-electron chi connectivity index (χ1n) is 8.41. The summed E-state index contributed by atoms with van der Waals surface area (Å²) in [5, 5.41) is 4.08. The third-order valence-electron chi connectivity index (χ3n) is 4.11. The third-order valence-corrected chi connectivity index (χ3v) is 4.11. The van der Waals surface area contributed by atoms with E-state index in [9.17, 15) is 4.79 Å². The number of anilines is 1. The van der Waals surface area contributed by atoms with Gasteiger partial charge in [-0.25, -0.2) is 5.43 Å². The molecule has 0 spiro atoms. The molecular formula is C20H25N3O2. The van der Waals surface area contributed by atoms with E-state index < -0.39 is 0 Å². The van der Waals surface area contributed by atoms with E-state index in [-0.39, 0.29) is 12.5 Å². The number of amides is 1. The van der Waals surface area contributed by atoms with Gasteiger partial charge in [0.15, 0.2) is 6.61 Å². The van der Waals surface area contributed by atoms with Crippen LogP contribution in [0.5, 0.6) is 5.75 Å². The SMILES string of the molecule is CCC(C)c1ccc(OCC(=O)N/N=C(\C)c2ccc(N)cc2)cc1. The van der Waals surface area contributed by atoms with E-state index in [1.807, 2.05) is 43.3 Å². The predicted octanol–water partition coefficient (Wildman–Crippen LogP) is 3.70. The van der Waals surface area contributed by atoms with Crippen LogP contribution in [0.3, 0.4) is 0 Å². The van der Waals surface area contributed by atoms with E-state index in [1.54, 1.807) is 12.1 Å². The summed E-state index contributed by atoms with van der Waals surface area (Å²) in [5.74, 6) is 0.880. The Hall–Kier alpha value is -2.82. The summed E-state index contributed by atoms with van der Waals surface area (Å²) in [4.78, 5) is 11.9. The summed E-state index contributed by atoms with van der Waals surface area (Å²) >= 11 is 0. The fourth-order valence-corrected chi connectivity index (χ4v) is 2.24. The number of rotatable bonds is 7. The molecule has 0 fully saturated rings. The Morgan fingerprint density at radius 1 is 1.16 bits per heavy atom. The van der Waals surface area contributed by atoms with Crippen LogP contribution in [0.1, 0.15) is 44.2 Å². The van der Waals surface area contributed by atoms with Crippen LogP contribution >= 0.6 is 0 Å². The van der Waals surface area contributed by atoms with Gasteiger partial charge in [-0.05, 0) is 54.7 Å². The van der Waals surface area contributed by atoms with Gasteiger partial charge in [0.25, 0.3) is 5.91 Å². The van der Waals surface area contributed by atoms with E-state index in [0.717, 1.165) is 12.0 Å². The van der Waals surface area contributed by atoms with Gasteiger partial charge in [-0.3, -0.25) is 4.79 Å². The molecule has 0 aliphatic rings. The number of nitrogens with two attached hydrogens (primary N) is 1. The molecule has 0 bridgehead atoms. The Labute approximate surface area is 148 Å². The maximum Gasteiger partial charge on any atom is 0.277 e. The number of hydrogen-bond donors (Lipinski definition) is 2. The molecule has 3 N–H and O–H groups in total. The van der Waals surface area contributed by atoms with Crippen molar-refractivity contribution in [2.24, 2.45) is 5.10 Å². The quantitative estimate of drug-likeness (QED) is 0.459. The van der Waals surface area contributed by atoms with Gasteiger partial charge in [0, 0.05) is 5.69 Å². The Balaban J connectivity index is 1.84. The molecule has 132 valence electrons. The first kappa shape index (κ1) is 18.5. The predicted molar refractivity (Wildman–Crippen MR) is 102 cm³/mol. The van der Waals surface area contributed by atoms with Gasteiger partial charge in [0.2, 0.25) is 0 Å². The largest absolute Gasteiger partial charge is 0.484 e. The van der Waals surface area contributed by atoms with E-state index in [4.69, 9.17) is 10.5 Å². The summed E-state index contributed by atoms with van der Waals surface area (Å²) in [5.41, 5.74) is 11.7. The average Bonchev–Trinajstić information content (AvgIpc) is 2.64. The summed E-state index contributed by atoms with van der Waals surface area (Å²) in [6, 6.07) is 15.1. The van der Waals surface area contributed by atoms with Crippen molar-refractivity contribution in [3.8, 4) is 5.75 Å². The first-order chi connectivity index (χ1) is 12.0. The number of nitrogens with one attached hydrogen (secondary N) is 1. The van der Waals surface area contributed by atoms with Crippen molar-refractivity contribution >= 4 is 17.3 Å². The second-order valence-corrected chi connectivity index (χ2v) is 6.02. The minimum atomic E-state index is -0.305. The van der Waals surface area contributed by atoms with Gasteiger partial charge in [-0.15, -0.1) is 0 Å². The maximum atomic E-state index is 11.9. The van der Waals surface area contributed by atoms with Gasteiger partial charge >= 0.3 is 0 Å². The molecule has 0 aromatic heterocycles. The summed E-state index contributed by atoms with van der Waals surface area (Å²) in [7, 11) is 0. The van der Waals surface area contributed by atoms with Crippen molar-refractivity contribution in [3.05, 3.63) is 59.7 Å². The molecule has 0 radical (unpaired) electrons. The van der Waals surface area contributed by atoms with Crippen molar-refractivity contribution in [1.29, 1.82) is 0 Å². The number of carbonyl (C=O) groups excluding carboxylic acids is 1. The summed E-state index contributed by atoms with van der Waals surface area (Å²) in [6.07, 6.45) is 1.09. The first-order valence-corrected chi connectivity index (χ1v) is 8.41. The maximum absolute atomic E-state index is 11.9. The van der Waals surface area contributed by atoms with Crippen LogP contribution in [0, 0.1) is 0 Å². The van der Waals surface area contributed by atoms with E-state index in [1.165, 1.54) is 5.56 Å². The number of nitrogen functional groups attached to an aromatic ring is 1. The van der Waals surface area contributed by atoms with E-state index in [0.29, 0.717) is 23.1 Å². The molecule has 1 amide bonds. The van der Waals surface area contributed by atoms with Gasteiger partial charge in [0.05, 0.1) is 5.71 Å². The molecule has 2 rings (SSSR count). The van der Waals surface area contributed by atoms with Crippen molar-refractivity contribution in [3.63, 3.8) is 0 Å². The minimum Gasteiger partial charge on any atom is -0.484 e. The van der Waals surface area contributed by atoms with Crippen LogP contribution in [0.2, 0.25) is 0 Å². The van der Waals surface area contributed by atoms with Crippen LogP contribution in [-0.4, -0.2) is 18.2 Å². The highest BCUT2D eigenvalue weighted by Crippen LogP contribution is 2.21. The molecule has 0 aliphatic carbocycles. The molecule has 0 heterocycles. The minimum absolute atomic E-state index is 0.0821. The molecule has 0 aliphatic heterocycles. The van der Waals surface area contributed by atoms with Gasteiger partial charge in [0.1, 0.15) is 5.75 Å². The highest BCUT2D eigenvalue weighted by atomic mass is 16.5. The van der Waals surface area contributed by atoms with Gasteiger partial charge < -0.3 is 10.5 Å². The van der Waals surface area contributed by atoms with E-state index >= 15 is 0 Å². The van der Waals surface area contributed by atoms with E-state index in [2.05, 4.69) is 24.4 Å². The van der Waals surface area contributed by atoms with Gasteiger partial charge in [-0.2, -0.15) is 5.10 Å². The zero-order valence-electron chi connectivity index (χ0n) is 15.0. The highest BCUT2D eigenvalue weighted by molar-refractivity contribution is 5.99. The molecule has 0 saturated carbocycles. The number of nitrogens with zero attached hydrogens (tertiary/aromatic N) is 1. The lowest BCUT2D eigenvalue weighted by Gasteiger charge is -2.10. The smallest absolute Gasteiger partial charge is 0.277 e. The second kappa shape index (κ2) is 8.87. The lowest BCUT2D eigenvalue weighted by atomic mass is 9.99.